The van der Waals surface area contributed by atoms with Gasteiger partial charge in [-0.05, 0) is 79.2 Å². The molecule has 0 spiro atoms. The fraction of sp³-hybridized carbons (Fsp3) is 0.102. The first-order valence-corrected chi connectivity index (χ1v) is 23.1. The number of ether oxygens (including phenoxy) is 2. The lowest BCUT2D eigenvalue weighted by Crippen LogP contribution is -2.05. The zero-order chi connectivity index (χ0) is 51.8. The maximum atomic E-state index is 6.37. The van der Waals surface area contributed by atoms with Crippen molar-refractivity contribution < 1.29 is 24.0 Å². The number of halogens is 3. The third-order valence-electron chi connectivity index (χ3n) is 9.28. The molecule has 9 N–H and O–H groups in total. The number of anilines is 9. The van der Waals surface area contributed by atoms with Gasteiger partial charge >= 0.3 is 0 Å². The fourth-order valence-electron chi connectivity index (χ4n) is 5.89. The fourth-order valence-corrected chi connectivity index (χ4v) is 6.74. The van der Waals surface area contributed by atoms with E-state index in [-0.39, 0.29) is 11.6 Å². The maximum absolute atomic E-state index is 6.37. The van der Waals surface area contributed by atoms with Crippen molar-refractivity contribution in [2.75, 3.05) is 54.0 Å². The first-order valence-electron chi connectivity index (χ1n) is 21.5. The second-order valence-electron chi connectivity index (χ2n) is 14.3. The highest BCUT2D eigenvalue weighted by molar-refractivity contribution is 9.10. The molecule has 24 heteroatoms. The molecule has 0 fully saturated rings. The second-order valence-corrected chi connectivity index (χ2v) is 16.0. The SMILES string of the molecule is CCO/N=C/c1c(N)ncnc1Nc1ccc(OCc2ccccc2)c(Cl)c1.CO/N=C/c1c(N)ncnc1Nc1ccc(Oc2cccnc2)c(Cl)c1.CO/N=C/c1c(N)ncnc1Nc1cccc(Br)c1. The summed E-state index contributed by atoms with van der Waals surface area (Å²) in [6.45, 7) is 2.73. The van der Waals surface area contributed by atoms with Gasteiger partial charge in [-0.1, -0.05) is 91.0 Å². The summed E-state index contributed by atoms with van der Waals surface area (Å²) >= 11 is 16.1. The van der Waals surface area contributed by atoms with E-state index in [1.54, 1.807) is 54.9 Å². The number of nitrogen functional groups attached to an aromatic ring is 3. The van der Waals surface area contributed by atoms with E-state index >= 15 is 0 Å². The van der Waals surface area contributed by atoms with Crippen LogP contribution in [-0.2, 0) is 21.1 Å². The molecule has 0 amide bonds. The van der Waals surface area contributed by atoms with E-state index in [9.17, 15) is 0 Å². The minimum atomic E-state index is 0.269. The van der Waals surface area contributed by atoms with Crippen LogP contribution in [0.5, 0.6) is 17.2 Å². The summed E-state index contributed by atoms with van der Waals surface area (Å²) < 4.78 is 12.5. The van der Waals surface area contributed by atoms with Crippen molar-refractivity contribution >= 4 is 110 Å². The molecule has 0 saturated heterocycles. The van der Waals surface area contributed by atoms with Crippen LogP contribution < -0.4 is 42.6 Å². The normalized spacial score (nSPS) is 10.7. The number of nitrogens with one attached hydrogen (secondary N) is 3. The molecule has 0 aliphatic rings. The van der Waals surface area contributed by atoms with Gasteiger partial charge < -0.3 is 57.1 Å². The number of pyridine rings is 1. The Morgan fingerprint density at radius 2 is 1.11 bits per heavy atom. The predicted molar refractivity (Wildman–Crippen MR) is 290 cm³/mol. The van der Waals surface area contributed by atoms with Crippen LogP contribution in [0.1, 0.15) is 29.2 Å². The molecule has 374 valence electrons. The van der Waals surface area contributed by atoms with Gasteiger partial charge in [0.2, 0.25) is 0 Å². The number of nitrogens with two attached hydrogens (primary N) is 3. The summed E-state index contributed by atoms with van der Waals surface area (Å²) in [7, 11) is 2.89. The maximum Gasteiger partial charge on any atom is 0.146 e. The Morgan fingerprint density at radius 3 is 1.59 bits per heavy atom. The van der Waals surface area contributed by atoms with E-state index in [1.165, 1.54) is 51.8 Å². The van der Waals surface area contributed by atoms with E-state index < -0.39 is 0 Å². The average molecular weight is 1090 g/mol. The van der Waals surface area contributed by atoms with Gasteiger partial charge in [-0.25, -0.2) is 29.9 Å². The Morgan fingerprint density at radius 1 is 0.589 bits per heavy atom. The van der Waals surface area contributed by atoms with Gasteiger partial charge in [0.25, 0.3) is 0 Å². The van der Waals surface area contributed by atoms with Crippen LogP contribution in [0.25, 0.3) is 0 Å². The molecule has 0 atom stereocenters. The van der Waals surface area contributed by atoms with Crippen LogP contribution in [0, 0.1) is 0 Å². The lowest BCUT2D eigenvalue weighted by atomic mass is 10.2. The van der Waals surface area contributed by atoms with E-state index in [4.69, 9.17) is 54.7 Å². The van der Waals surface area contributed by atoms with E-state index in [0.717, 1.165) is 21.4 Å². The molecule has 0 saturated carbocycles. The molecular weight excluding hydrogens is 1040 g/mol. The predicted octanol–water partition coefficient (Wildman–Crippen LogP) is 10.6. The first-order chi connectivity index (χ1) is 35.5. The number of hydrogen-bond donors (Lipinski definition) is 6. The minimum Gasteiger partial charge on any atom is -0.487 e. The number of benzene rings is 4. The Hall–Kier alpha value is -8.86. The lowest BCUT2D eigenvalue weighted by Gasteiger charge is -2.12. The molecular formula is C49H47BrCl2N16O5. The Bertz CT molecular complexity index is 3130. The molecule has 0 radical (unpaired) electrons. The number of oxime groups is 3. The molecule has 21 nitrogen and oxygen atoms in total. The smallest absolute Gasteiger partial charge is 0.146 e. The largest absolute Gasteiger partial charge is 0.487 e. The number of nitrogens with zero attached hydrogens (tertiary/aromatic N) is 10. The Balaban J connectivity index is 0.000000182. The van der Waals surface area contributed by atoms with Gasteiger partial charge in [-0.3, -0.25) is 4.98 Å². The van der Waals surface area contributed by atoms with Crippen molar-refractivity contribution in [1.29, 1.82) is 0 Å². The molecule has 0 bridgehead atoms. The number of rotatable bonds is 18. The summed E-state index contributed by atoms with van der Waals surface area (Å²) in [5.41, 5.74) is 22.5. The molecule has 0 aliphatic carbocycles. The molecule has 8 aromatic rings. The van der Waals surface area contributed by atoms with Crippen LogP contribution in [0.3, 0.4) is 0 Å². The summed E-state index contributed by atoms with van der Waals surface area (Å²) in [6, 6.07) is 31.8. The van der Waals surface area contributed by atoms with Gasteiger partial charge in [-0.15, -0.1) is 0 Å². The average Bonchev–Trinajstić information content (AvgIpc) is 3.38. The van der Waals surface area contributed by atoms with Gasteiger partial charge in [0.05, 0.1) is 51.6 Å². The van der Waals surface area contributed by atoms with Crippen molar-refractivity contribution in [1.82, 2.24) is 34.9 Å². The third-order valence-corrected chi connectivity index (χ3v) is 10.4. The van der Waals surface area contributed by atoms with Crippen molar-refractivity contribution in [3.8, 4) is 17.2 Å². The molecule has 4 heterocycles. The number of hydrogen-bond acceptors (Lipinski definition) is 21. The highest BCUT2D eigenvalue weighted by Gasteiger charge is 2.13. The van der Waals surface area contributed by atoms with Crippen LogP contribution in [0.2, 0.25) is 10.0 Å². The molecule has 73 heavy (non-hydrogen) atoms. The first kappa shape index (κ1) is 53.5. The lowest BCUT2D eigenvalue weighted by molar-refractivity contribution is 0.160. The van der Waals surface area contributed by atoms with Crippen LogP contribution >= 0.6 is 39.1 Å². The van der Waals surface area contributed by atoms with Crippen molar-refractivity contribution in [2.24, 2.45) is 15.5 Å². The molecule has 0 unspecified atom stereocenters. The van der Waals surface area contributed by atoms with Crippen LogP contribution in [0.15, 0.2) is 154 Å². The summed E-state index contributed by atoms with van der Waals surface area (Å²) in [5.74, 6) is 4.10. The van der Waals surface area contributed by atoms with E-state index in [1.807, 2.05) is 67.6 Å². The second kappa shape index (κ2) is 28.1. The van der Waals surface area contributed by atoms with Gasteiger partial charge in [0.1, 0.15) is 98.6 Å². The summed E-state index contributed by atoms with van der Waals surface area (Å²) in [5, 5.41) is 21.6. The van der Waals surface area contributed by atoms with Crippen molar-refractivity contribution in [3.05, 3.63) is 171 Å². The topological polar surface area (TPSA) is 288 Å². The Labute approximate surface area is 438 Å². The van der Waals surface area contributed by atoms with Crippen molar-refractivity contribution in [3.63, 3.8) is 0 Å². The molecule has 8 rings (SSSR count). The Kier molecular flexibility index (Phi) is 20.6. The van der Waals surface area contributed by atoms with E-state index in [0.29, 0.717) is 86.2 Å². The van der Waals surface area contributed by atoms with Crippen molar-refractivity contribution in [2.45, 2.75) is 13.5 Å². The van der Waals surface area contributed by atoms with Gasteiger partial charge in [0.15, 0.2) is 0 Å². The van der Waals surface area contributed by atoms with E-state index in [2.05, 4.69) is 91.9 Å². The van der Waals surface area contributed by atoms with Gasteiger partial charge in [0, 0.05) is 27.7 Å². The summed E-state index contributed by atoms with van der Waals surface area (Å²) in [4.78, 5) is 42.7. The quantitative estimate of drug-likeness (QED) is 0.0344. The van der Waals surface area contributed by atoms with Gasteiger partial charge in [-0.2, -0.15) is 0 Å². The highest BCUT2D eigenvalue weighted by atomic mass is 79.9. The van der Waals surface area contributed by atoms with Crippen LogP contribution in [-0.4, -0.2) is 74.4 Å². The third kappa shape index (κ3) is 16.6. The number of aromatic nitrogens is 7. The summed E-state index contributed by atoms with van der Waals surface area (Å²) in [6.07, 6.45) is 11.7. The monoisotopic (exact) mass is 1090 g/mol. The zero-order valence-electron chi connectivity index (χ0n) is 39.2. The van der Waals surface area contributed by atoms with Crippen LogP contribution in [0.4, 0.5) is 52.0 Å². The minimum absolute atomic E-state index is 0.269. The highest BCUT2D eigenvalue weighted by Crippen LogP contribution is 2.34. The molecule has 4 aromatic heterocycles. The molecule has 4 aromatic carbocycles. The zero-order valence-corrected chi connectivity index (χ0v) is 42.3. The molecule has 0 aliphatic heterocycles. The standard InChI is InChI=1S/C20H20ClN5O2.C17H15ClN6O2.C12H12BrN5O/c1-2-28-25-11-16-19(22)23-13-24-20(16)26-15-8-9-18(17(21)10-15)27-12-14-6-4-3-5-7-14;1-25-23-9-13-16(19)21-10-22-17(13)24-11-4-5-15(14(18)7-11)26-12-3-2-6-20-8-12;1-19-17-6-10-11(14)15-7-16-12(10)18-9-4-2-3-8(13)5-9/h3-11,13H,2,12H2,1H3,(H3,22,23,24,26);2-10H,1H3,(H3,19,21,22,24);2-7H,1H3,(H3,14,15,16,18)/b25-11+;23-9+;17-6+.